The fraction of sp³-hybridized carbons (Fsp3) is 0.294. The third-order valence-corrected chi connectivity index (χ3v) is 4.96. The summed E-state index contributed by atoms with van der Waals surface area (Å²) in [4.78, 5) is 18.2. The van der Waals surface area contributed by atoms with Gasteiger partial charge in [0, 0.05) is 25.4 Å². The molecule has 1 amide bonds. The lowest BCUT2D eigenvalue weighted by molar-refractivity contribution is -0.137. The van der Waals surface area contributed by atoms with Crippen molar-refractivity contribution in [2.24, 2.45) is 0 Å². The topological polar surface area (TPSA) is 68.8 Å². The number of hydrogen-bond acceptors (Lipinski definition) is 4. The van der Waals surface area contributed by atoms with Crippen molar-refractivity contribution in [3.63, 3.8) is 0 Å². The number of alkyl halides is 3. The van der Waals surface area contributed by atoms with Gasteiger partial charge in [-0.15, -0.1) is 5.10 Å². The molecule has 28 heavy (non-hydrogen) atoms. The Hall–Kier alpha value is -2.88. The summed E-state index contributed by atoms with van der Waals surface area (Å²) in [7, 11) is 0. The van der Waals surface area contributed by atoms with Gasteiger partial charge in [-0.3, -0.25) is 4.79 Å². The van der Waals surface area contributed by atoms with Crippen LogP contribution < -0.4 is 0 Å². The number of halogens is 4. The van der Waals surface area contributed by atoms with Crippen molar-refractivity contribution < 1.29 is 18.0 Å². The molecule has 7 nitrogen and oxygen atoms in total. The minimum absolute atomic E-state index is 0.157. The van der Waals surface area contributed by atoms with Gasteiger partial charge in [0.15, 0.2) is 0 Å². The van der Waals surface area contributed by atoms with E-state index in [4.69, 9.17) is 11.6 Å². The maximum atomic E-state index is 13.1. The van der Waals surface area contributed by atoms with E-state index in [1.54, 1.807) is 23.4 Å². The number of benzene rings is 1. The molecule has 0 aliphatic carbocycles. The molecule has 4 rings (SSSR count). The van der Waals surface area contributed by atoms with Gasteiger partial charge in [0.2, 0.25) is 0 Å². The minimum atomic E-state index is -4.63. The van der Waals surface area contributed by atoms with Crippen molar-refractivity contribution in [1.82, 2.24) is 29.4 Å². The number of fused-ring (bicyclic) bond motifs is 1. The Morgan fingerprint density at radius 3 is 2.82 bits per heavy atom. The van der Waals surface area contributed by atoms with Gasteiger partial charge < -0.3 is 9.47 Å². The molecule has 0 saturated heterocycles. The SMILES string of the molecule is O=C(c1cccc(C(F)(F)F)c1Cl)N1CCc2c(nnn2Cn2ccnc2)C1. The zero-order valence-corrected chi connectivity index (χ0v) is 15.2. The molecule has 0 unspecified atom stereocenters. The smallest absolute Gasteiger partial charge is 0.332 e. The molecule has 1 aliphatic rings. The first-order valence-electron chi connectivity index (χ1n) is 8.36. The number of carbonyl (C=O) groups excluding carboxylic acids is 1. The Labute approximate surface area is 162 Å². The number of nitrogens with zero attached hydrogens (tertiary/aromatic N) is 6. The third-order valence-electron chi connectivity index (χ3n) is 4.56. The number of hydrogen-bond donors (Lipinski definition) is 0. The molecule has 0 radical (unpaired) electrons. The summed E-state index contributed by atoms with van der Waals surface area (Å²) in [6.07, 6.45) is 0.963. The predicted molar refractivity (Wildman–Crippen MR) is 92.5 cm³/mol. The number of rotatable bonds is 3. The summed E-state index contributed by atoms with van der Waals surface area (Å²) in [6.45, 7) is 0.927. The van der Waals surface area contributed by atoms with E-state index in [1.165, 1.54) is 17.0 Å². The number of aromatic nitrogens is 5. The molecule has 0 saturated carbocycles. The second-order valence-corrected chi connectivity index (χ2v) is 6.72. The van der Waals surface area contributed by atoms with Gasteiger partial charge >= 0.3 is 6.18 Å². The number of amides is 1. The van der Waals surface area contributed by atoms with E-state index in [2.05, 4.69) is 15.3 Å². The molecule has 1 aromatic carbocycles. The highest BCUT2D eigenvalue weighted by Gasteiger charge is 2.36. The minimum Gasteiger partial charge on any atom is -0.332 e. The van der Waals surface area contributed by atoms with E-state index in [9.17, 15) is 18.0 Å². The summed E-state index contributed by atoms with van der Waals surface area (Å²) in [5, 5.41) is 7.64. The Balaban J connectivity index is 1.55. The third kappa shape index (κ3) is 3.35. The average molecular weight is 411 g/mol. The second kappa shape index (κ2) is 6.93. The van der Waals surface area contributed by atoms with Crippen LogP contribution in [0.15, 0.2) is 36.9 Å². The van der Waals surface area contributed by atoms with Crippen LogP contribution in [0.3, 0.4) is 0 Å². The molecule has 11 heteroatoms. The largest absolute Gasteiger partial charge is 0.417 e. The molecule has 1 aliphatic heterocycles. The van der Waals surface area contributed by atoms with Crippen molar-refractivity contribution in [1.29, 1.82) is 0 Å². The van der Waals surface area contributed by atoms with Crippen molar-refractivity contribution in [3.05, 3.63) is 64.5 Å². The first-order valence-corrected chi connectivity index (χ1v) is 8.74. The van der Waals surface area contributed by atoms with E-state index >= 15 is 0 Å². The van der Waals surface area contributed by atoms with Crippen LogP contribution in [0, 0.1) is 0 Å². The Kier molecular flexibility index (Phi) is 4.58. The first-order chi connectivity index (χ1) is 13.3. The monoisotopic (exact) mass is 410 g/mol. The van der Waals surface area contributed by atoms with E-state index in [-0.39, 0.29) is 12.1 Å². The second-order valence-electron chi connectivity index (χ2n) is 6.34. The summed E-state index contributed by atoms with van der Waals surface area (Å²) < 4.78 is 42.7. The number of carbonyl (C=O) groups is 1. The molecule has 146 valence electrons. The summed E-state index contributed by atoms with van der Waals surface area (Å²) in [5.74, 6) is -0.564. The molecular formula is C17H14ClF3N6O. The van der Waals surface area contributed by atoms with Crippen molar-refractivity contribution in [2.45, 2.75) is 25.8 Å². The molecule has 0 bridgehead atoms. The molecule has 3 heterocycles. The van der Waals surface area contributed by atoms with Crippen molar-refractivity contribution in [2.75, 3.05) is 6.54 Å². The van der Waals surface area contributed by atoms with E-state index in [1.807, 2.05) is 4.57 Å². The Morgan fingerprint density at radius 2 is 2.11 bits per heavy atom. The van der Waals surface area contributed by atoms with Crippen LogP contribution in [0.5, 0.6) is 0 Å². The molecule has 3 aromatic rings. The standard InChI is InChI=1S/C17H14ClF3N6O/c18-15-11(2-1-3-12(15)17(19,20)21)16(28)26-6-4-14-13(8-26)23-24-27(14)10-25-7-5-22-9-25/h1-3,5,7,9H,4,6,8,10H2. The molecule has 0 spiro atoms. The highest BCUT2D eigenvalue weighted by atomic mass is 35.5. The van der Waals surface area contributed by atoms with Crippen LogP contribution in [0.25, 0.3) is 0 Å². The van der Waals surface area contributed by atoms with Crippen molar-refractivity contribution in [3.8, 4) is 0 Å². The molecule has 0 atom stereocenters. The summed E-state index contributed by atoms with van der Waals surface area (Å²) >= 11 is 5.88. The maximum absolute atomic E-state index is 13.1. The van der Waals surface area contributed by atoms with Crippen LogP contribution in [0.4, 0.5) is 13.2 Å². The zero-order chi connectivity index (χ0) is 19.9. The quantitative estimate of drug-likeness (QED) is 0.666. The number of imidazole rings is 1. The fourth-order valence-corrected chi connectivity index (χ4v) is 3.48. The molecule has 0 fully saturated rings. The highest BCUT2D eigenvalue weighted by Crippen LogP contribution is 2.36. The average Bonchev–Trinajstić information content (AvgIpc) is 3.30. The normalized spacial score (nSPS) is 14.2. The van der Waals surface area contributed by atoms with Crippen LogP contribution in [-0.2, 0) is 25.8 Å². The predicted octanol–water partition coefficient (Wildman–Crippen LogP) is 2.85. The van der Waals surface area contributed by atoms with Gasteiger partial charge in [-0.2, -0.15) is 13.2 Å². The van der Waals surface area contributed by atoms with Gasteiger partial charge in [0.25, 0.3) is 5.91 Å². The molecule has 0 N–H and O–H groups in total. The van der Waals surface area contributed by atoms with E-state index in [0.717, 1.165) is 11.8 Å². The van der Waals surface area contributed by atoms with Gasteiger partial charge in [-0.1, -0.05) is 22.9 Å². The van der Waals surface area contributed by atoms with Crippen molar-refractivity contribution >= 4 is 17.5 Å². The van der Waals surface area contributed by atoms with Crippen LogP contribution in [0.2, 0.25) is 5.02 Å². The molecular weight excluding hydrogens is 397 g/mol. The lowest BCUT2D eigenvalue weighted by Gasteiger charge is -2.27. The Morgan fingerprint density at radius 1 is 1.29 bits per heavy atom. The first kappa shape index (κ1) is 18.5. The van der Waals surface area contributed by atoms with Gasteiger partial charge in [0.05, 0.1) is 34.7 Å². The highest BCUT2D eigenvalue weighted by molar-refractivity contribution is 6.34. The zero-order valence-electron chi connectivity index (χ0n) is 14.4. The van der Waals surface area contributed by atoms with Gasteiger partial charge in [0.1, 0.15) is 12.4 Å². The van der Waals surface area contributed by atoms with E-state index in [0.29, 0.717) is 25.3 Å². The van der Waals surface area contributed by atoms with Crippen LogP contribution in [0.1, 0.15) is 27.3 Å². The van der Waals surface area contributed by atoms with Gasteiger partial charge in [-0.05, 0) is 12.1 Å². The summed E-state index contributed by atoms with van der Waals surface area (Å²) in [5.41, 5.74) is 0.297. The molecule has 2 aromatic heterocycles. The lowest BCUT2D eigenvalue weighted by Crippen LogP contribution is -2.37. The van der Waals surface area contributed by atoms with Gasteiger partial charge in [-0.25, -0.2) is 9.67 Å². The van der Waals surface area contributed by atoms with Crippen LogP contribution in [-0.4, -0.2) is 41.9 Å². The van der Waals surface area contributed by atoms with E-state index < -0.39 is 22.7 Å². The fourth-order valence-electron chi connectivity index (χ4n) is 3.16. The lowest BCUT2D eigenvalue weighted by atomic mass is 10.1. The van der Waals surface area contributed by atoms with Crippen LogP contribution >= 0.6 is 11.6 Å². The maximum Gasteiger partial charge on any atom is 0.417 e. The Bertz CT molecular complexity index is 1010. The summed E-state index contributed by atoms with van der Waals surface area (Å²) in [6, 6.07) is 3.33.